The lowest BCUT2D eigenvalue weighted by molar-refractivity contribution is -0.123. The molecule has 1 aromatic carbocycles. The van der Waals surface area contributed by atoms with Gasteiger partial charge in [0.15, 0.2) is 0 Å². The van der Waals surface area contributed by atoms with Crippen molar-refractivity contribution in [2.24, 2.45) is 5.73 Å². The number of carbonyl (C=O) groups is 2. The van der Waals surface area contributed by atoms with E-state index in [4.69, 9.17) is 5.73 Å². The summed E-state index contributed by atoms with van der Waals surface area (Å²) in [6, 6.07) is 6.94. The van der Waals surface area contributed by atoms with E-state index in [1.807, 2.05) is 18.2 Å². The second-order valence-electron chi connectivity index (χ2n) is 4.39. The normalized spacial score (nSPS) is 19.6. The van der Waals surface area contributed by atoms with Crippen LogP contribution in [0.15, 0.2) is 24.3 Å². The molecule has 1 fully saturated rings. The van der Waals surface area contributed by atoms with Gasteiger partial charge in [-0.2, -0.15) is 0 Å². The minimum atomic E-state index is -0.456. The molecule has 1 aliphatic rings. The number of nitrogens with zero attached hydrogens (tertiary/aromatic N) is 1. The number of carbonyl (C=O) groups excluding carboxylic acids is 2. The van der Waals surface area contributed by atoms with Gasteiger partial charge in [0.2, 0.25) is 5.91 Å². The van der Waals surface area contributed by atoms with Crippen molar-refractivity contribution in [2.75, 3.05) is 6.54 Å². The number of benzene rings is 1. The molecule has 1 atom stereocenters. The maximum Gasteiger partial charge on any atom is 0.255 e. The highest BCUT2D eigenvalue weighted by atomic mass is 127. The summed E-state index contributed by atoms with van der Waals surface area (Å²) < 4.78 is 0.897. The second kappa shape index (κ2) is 5.69. The lowest BCUT2D eigenvalue weighted by Crippen LogP contribution is -2.50. The summed E-state index contributed by atoms with van der Waals surface area (Å²) in [5.74, 6) is -0.502. The fourth-order valence-electron chi connectivity index (χ4n) is 2.26. The molecule has 18 heavy (non-hydrogen) atoms. The molecule has 1 aromatic rings. The van der Waals surface area contributed by atoms with E-state index in [-0.39, 0.29) is 5.91 Å². The van der Waals surface area contributed by atoms with Crippen LogP contribution in [0.4, 0.5) is 0 Å². The molecule has 1 heterocycles. The zero-order chi connectivity index (χ0) is 13.1. The number of piperidine rings is 1. The Balaban J connectivity index is 2.27. The highest BCUT2D eigenvalue weighted by Gasteiger charge is 2.31. The Morgan fingerprint density at radius 1 is 1.28 bits per heavy atom. The summed E-state index contributed by atoms with van der Waals surface area (Å²) in [5, 5.41) is 0. The van der Waals surface area contributed by atoms with Crippen molar-refractivity contribution in [1.29, 1.82) is 0 Å². The third-order valence-electron chi connectivity index (χ3n) is 3.20. The van der Waals surface area contributed by atoms with Crippen molar-refractivity contribution in [2.45, 2.75) is 25.3 Å². The Morgan fingerprint density at radius 3 is 2.67 bits per heavy atom. The topological polar surface area (TPSA) is 63.4 Å². The minimum absolute atomic E-state index is 0.0940. The van der Waals surface area contributed by atoms with Crippen LogP contribution in [-0.2, 0) is 4.79 Å². The number of hydrogen-bond donors (Lipinski definition) is 1. The molecule has 4 nitrogen and oxygen atoms in total. The van der Waals surface area contributed by atoms with Crippen molar-refractivity contribution in [3.05, 3.63) is 33.4 Å². The summed E-state index contributed by atoms with van der Waals surface area (Å²) in [5.41, 5.74) is 6.02. The van der Waals surface area contributed by atoms with E-state index in [1.54, 1.807) is 11.0 Å². The fourth-order valence-corrected chi connectivity index (χ4v) is 2.88. The predicted octanol–water partition coefficient (Wildman–Crippen LogP) is 1.77. The van der Waals surface area contributed by atoms with Gasteiger partial charge in [-0.25, -0.2) is 0 Å². The van der Waals surface area contributed by atoms with Crippen LogP contribution < -0.4 is 5.73 Å². The van der Waals surface area contributed by atoms with E-state index in [0.29, 0.717) is 18.5 Å². The maximum atomic E-state index is 12.4. The third kappa shape index (κ3) is 2.66. The van der Waals surface area contributed by atoms with E-state index in [0.717, 1.165) is 16.4 Å². The molecule has 2 amide bonds. The number of amides is 2. The summed E-state index contributed by atoms with van der Waals surface area (Å²) in [4.78, 5) is 25.5. The third-order valence-corrected chi connectivity index (χ3v) is 4.14. The van der Waals surface area contributed by atoms with Crippen molar-refractivity contribution < 1.29 is 9.59 Å². The number of hydrogen-bond acceptors (Lipinski definition) is 2. The van der Waals surface area contributed by atoms with Gasteiger partial charge in [0.25, 0.3) is 5.91 Å². The first-order valence-corrected chi connectivity index (χ1v) is 7.04. The minimum Gasteiger partial charge on any atom is -0.368 e. The molecular formula is C13H15IN2O2. The Labute approximate surface area is 120 Å². The Hall–Kier alpha value is -1.11. The number of halogens is 1. The van der Waals surface area contributed by atoms with Gasteiger partial charge < -0.3 is 10.6 Å². The molecule has 2 rings (SSSR count). The van der Waals surface area contributed by atoms with Crippen molar-refractivity contribution in [3.8, 4) is 0 Å². The summed E-state index contributed by atoms with van der Waals surface area (Å²) in [7, 11) is 0. The van der Waals surface area contributed by atoms with E-state index in [9.17, 15) is 9.59 Å². The number of nitrogens with two attached hydrogens (primary N) is 1. The van der Waals surface area contributed by atoms with Crippen LogP contribution in [0, 0.1) is 3.57 Å². The van der Waals surface area contributed by atoms with E-state index in [1.165, 1.54) is 0 Å². The average Bonchev–Trinajstić information content (AvgIpc) is 2.38. The highest BCUT2D eigenvalue weighted by Crippen LogP contribution is 2.21. The molecule has 0 bridgehead atoms. The maximum absolute atomic E-state index is 12.4. The standard InChI is InChI=1S/C13H15IN2O2/c14-10-6-2-1-5-9(10)13(18)16-8-4-3-7-11(16)12(15)17/h1-2,5-6,11H,3-4,7-8H2,(H2,15,17). The largest absolute Gasteiger partial charge is 0.368 e. The van der Waals surface area contributed by atoms with Gasteiger partial charge in [-0.3, -0.25) is 9.59 Å². The van der Waals surface area contributed by atoms with Gasteiger partial charge in [-0.1, -0.05) is 12.1 Å². The van der Waals surface area contributed by atoms with E-state index >= 15 is 0 Å². The average molecular weight is 358 g/mol. The molecule has 1 unspecified atom stereocenters. The van der Waals surface area contributed by atoms with Crippen LogP contribution in [0.3, 0.4) is 0 Å². The van der Waals surface area contributed by atoms with Gasteiger partial charge >= 0.3 is 0 Å². The summed E-state index contributed by atoms with van der Waals surface area (Å²) >= 11 is 2.13. The molecule has 0 radical (unpaired) electrons. The molecule has 0 spiro atoms. The van der Waals surface area contributed by atoms with Gasteiger partial charge in [0.1, 0.15) is 6.04 Å². The second-order valence-corrected chi connectivity index (χ2v) is 5.55. The number of rotatable bonds is 2. The van der Waals surface area contributed by atoms with E-state index in [2.05, 4.69) is 22.6 Å². The monoisotopic (exact) mass is 358 g/mol. The molecule has 96 valence electrons. The zero-order valence-corrected chi connectivity index (χ0v) is 12.1. The van der Waals surface area contributed by atoms with Gasteiger partial charge in [0, 0.05) is 10.1 Å². The Kier molecular flexibility index (Phi) is 4.21. The van der Waals surface area contributed by atoms with Crippen LogP contribution in [0.2, 0.25) is 0 Å². The lowest BCUT2D eigenvalue weighted by Gasteiger charge is -2.33. The summed E-state index contributed by atoms with van der Waals surface area (Å²) in [6.45, 7) is 0.609. The van der Waals surface area contributed by atoms with Crippen LogP contribution in [0.1, 0.15) is 29.6 Å². The first-order chi connectivity index (χ1) is 8.61. The van der Waals surface area contributed by atoms with Crippen molar-refractivity contribution in [1.82, 2.24) is 4.90 Å². The molecule has 2 N–H and O–H groups in total. The summed E-state index contributed by atoms with van der Waals surface area (Å²) in [6.07, 6.45) is 2.55. The van der Waals surface area contributed by atoms with Crippen molar-refractivity contribution >= 4 is 34.4 Å². The molecule has 1 aliphatic heterocycles. The molecule has 0 aliphatic carbocycles. The lowest BCUT2D eigenvalue weighted by atomic mass is 10.0. The first-order valence-electron chi connectivity index (χ1n) is 5.96. The molecule has 0 saturated carbocycles. The van der Waals surface area contributed by atoms with Gasteiger partial charge in [-0.15, -0.1) is 0 Å². The quantitative estimate of drug-likeness (QED) is 0.820. The fraction of sp³-hybridized carbons (Fsp3) is 0.385. The Bertz CT molecular complexity index is 476. The number of primary amides is 1. The highest BCUT2D eigenvalue weighted by molar-refractivity contribution is 14.1. The molecular weight excluding hydrogens is 343 g/mol. The van der Waals surface area contributed by atoms with E-state index < -0.39 is 11.9 Å². The smallest absolute Gasteiger partial charge is 0.255 e. The Morgan fingerprint density at radius 2 is 2.00 bits per heavy atom. The predicted molar refractivity (Wildman–Crippen MR) is 77.0 cm³/mol. The van der Waals surface area contributed by atoms with Crippen LogP contribution in [-0.4, -0.2) is 29.3 Å². The number of likely N-dealkylation sites (tertiary alicyclic amines) is 1. The molecule has 5 heteroatoms. The first kappa shape index (κ1) is 13.3. The van der Waals surface area contributed by atoms with Crippen molar-refractivity contribution in [3.63, 3.8) is 0 Å². The zero-order valence-electron chi connectivity index (χ0n) is 9.93. The molecule has 1 saturated heterocycles. The van der Waals surface area contributed by atoms with Crippen LogP contribution in [0.5, 0.6) is 0 Å². The van der Waals surface area contributed by atoms with Gasteiger partial charge in [-0.05, 0) is 54.0 Å². The molecule has 0 aromatic heterocycles. The van der Waals surface area contributed by atoms with Crippen LogP contribution in [0.25, 0.3) is 0 Å². The van der Waals surface area contributed by atoms with Crippen LogP contribution >= 0.6 is 22.6 Å². The van der Waals surface area contributed by atoms with Gasteiger partial charge in [0.05, 0.1) is 5.56 Å². The SMILES string of the molecule is NC(=O)C1CCCCN1C(=O)c1ccccc1I.